The highest BCUT2D eigenvalue weighted by Crippen LogP contribution is 2.34. The van der Waals surface area contributed by atoms with E-state index in [1.54, 1.807) is 12.5 Å². The number of anilines is 1. The van der Waals surface area contributed by atoms with Crippen LogP contribution in [0.4, 0.5) is 5.82 Å². The topological polar surface area (TPSA) is 92.9 Å². The van der Waals surface area contributed by atoms with Gasteiger partial charge in [0.15, 0.2) is 0 Å². The number of pyridine rings is 1. The summed E-state index contributed by atoms with van der Waals surface area (Å²) in [5.41, 5.74) is 2.80. The van der Waals surface area contributed by atoms with Gasteiger partial charge in [-0.1, -0.05) is 36.4 Å². The molecule has 34 heavy (non-hydrogen) atoms. The van der Waals surface area contributed by atoms with Crippen LogP contribution in [0.1, 0.15) is 38.3 Å². The first kappa shape index (κ1) is 21.8. The Morgan fingerprint density at radius 2 is 1.88 bits per heavy atom. The van der Waals surface area contributed by atoms with Gasteiger partial charge in [-0.15, -0.1) is 11.3 Å². The van der Waals surface area contributed by atoms with Crippen LogP contribution in [0.5, 0.6) is 0 Å². The van der Waals surface area contributed by atoms with Crippen LogP contribution in [0.15, 0.2) is 83.9 Å². The lowest BCUT2D eigenvalue weighted by Crippen LogP contribution is -2.28. The lowest BCUT2D eigenvalue weighted by molar-refractivity contribution is 0.0942. The van der Waals surface area contributed by atoms with Crippen molar-refractivity contribution in [2.45, 2.75) is 19.4 Å². The molecule has 170 valence electrons. The molecule has 0 aliphatic rings. The molecule has 0 unspecified atom stereocenters. The van der Waals surface area contributed by atoms with Gasteiger partial charge in [0.2, 0.25) is 0 Å². The van der Waals surface area contributed by atoms with Gasteiger partial charge in [-0.25, -0.2) is 9.97 Å². The summed E-state index contributed by atoms with van der Waals surface area (Å²) in [6.45, 7) is 2.61. The third kappa shape index (κ3) is 4.53. The molecule has 1 atom stereocenters. The van der Waals surface area contributed by atoms with Gasteiger partial charge >= 0.3 is 0 Å². The van der Waals surface area contributed by atoms with Crippen LogP contribution < -0.4 is 10.6 Å². The zero-order valence-corrected chi connectivity index (χ0v) is 19.4. The monoisotopic (exact) mass is 469 g/mol. The lowest BCUT2D eigenvalue weighted by Gasteiger charge is -2.17. The normalized spacial score (nSPS) is 11.9. The van der Waals surface area contributed by atoms with Crippen LogP contribution in [0, 0.1) is 6.92 Å². The fraction of sp³-hybridized carbons (Fsp3) is 0.154. The fourth-order valence-corrected chi connectivity index (χ4v) is 4.95. The molecule has 0 radical (unpaired) electrons. The number of benzene rings is 1. The summed E-state index contributed by atoms with van der Waals surface area (Å²) in [6.07, 6.45) is 5.70. The summed E-state index contributed by atoms with van der Waals surface area (Å²) >= 11 is 1.36. The van der Waals surface area contributed by atoms with Gasteiger partial charge in [0.25, 0.3) is 5.91 Å². The molecule has 0 saturated carbocycles. The summed E-state index contributed by atoms with van der Waals surface area (Å²) in [5, 5.41) is 7.39. The van der Waals surface area contributed by atoms with Crippen molar-refractivity contribution in [3.8, 4) is 0 Å². The number of thiophene rings is 1. The summed E-state index contributed by atoms with van der Waals surface area (Å²) in [5.74, 6) is 1.22. The number of fused-ring (bicyclic) bond motifs is 1. The summed E-state index contributed by atoms with van der Waals surface area (Å²) < 4.78 is 5.63. The average Bonchev–Trinajstić information content (AvgIpc) is 3.52. The predicted molar refractivity (Wildman–Crippen MR) is 133 cm³/mol. The van der Waals surface area contributed by atoms with Crippen LogP contribution in [-0.4, -0.2) is 27.4 Å². The second-order valence-corrected chi connectivity index (χ2v) is 8.79. The number of amides is 1. The number of carbonyl (C=O) groups is 1. The van der Waals surface area contributed by atoms with Gasteiger partial charge in [0.1, 0.15) is 28.8 Å². The lowest BCUT2D eigenvalue weighted by atomic mass is 10.0. The molecule has 2 N–H and O–H groups in total. The van der Waals surface area contributed by atoms with Gasteiger partial charge < -0.3 is 15.1 Å². The Morgan fingerprint density at radius 1 is 1.03 bits per heavy atom. The van der Waals surface area contributed by atoms with Gasteiger partial charge in [-0.3, -0.25) is 9.78 Å². The van der Waals surface area contributed by atoms with E-state index in [2.05, 4.69) is 25.6 Å². The van der Waals surface area contributed by atoms with Crippen molar-refractivity contribution in [2.75, 3.05) is 11.9 Å². The third-order valence-corrected chi connectivity index (χ3v) is 6.77. The van der Waals surface area contributed by atoms with E-state index < -0.39 is 6.04 Å². The van der Waals surface area contributed by atoms with Crippen molar-refractivity contribution < 1.29 is 9.21 Å². The van der Waals surface area contributed by atoms with E-state index in [4.69, 9.17) is 4.42 Å². The minimum atomic E-state index is -0.393. The first-order chi connectivity index (χ1) is 16.7. The van der Waals surface area contributed by atoms with E-state index in [0.717, 1.165) is 39.3 Å². The van der Waals surface area contributed by atoms with E-state index in [0.29, 0.717) is 17.2 Å². The Labute approximate surface area is 200 Å². The van der Waals surface area contributed by atoms with E-state index >= 15 is 0 Å². The zero-order valence-electron chi connectivity index (χ0n) is 18.6. The van der Waals surface area contributed by atoms with E-state index in [-0.39, 0.29) is 5.91 Å². The van der Waals surface area contributed by atoms with Gasteiger partial charge in [-0.2, -0.15) is 0 Å². The summed E-state index contributed by atoms with van der Waals surface area (Å²) in [7, 11) is 0. The van der Waals surface area contributed by atoms with Crippen molar-refractivity contribution >= 4 is 33.3 Å². The molecule has 0 aliphatic heterocycles. The fourth-order valence-electron chi connectivity index (χ4n) is 3.89. The molecular formula is C26H23N5O2S. The first-order valence-electron chi connectivity index (χ1n) is 11.0. The maximum absolute atomic E-state index is 13.4. The molecule has 5 aromatic rings. The Bertz CT molecular complexity index is 1390. The summed E-state index contributed by atoms with van der Waals surface area (Å²) in [6, 6.07) is 19.0. The number of aryl methyl sites for hydroxylation is 1. The number of hydrogen-bond donors (Lipinski definition) is 2. The van der Waals surface area contributed by atoms with Gasteiger partial charge in [0.05, 0.1) is 16.5 Å². The van der Waals surface area contributed by atoms with Crippen molar-refractivity contribution in [3.05, 3.63) is 107 Å². The van der Waals surface area contributed by atoms with Crippen molar-refractivity contribution in [3.63, 3.8) is 0 Å². The number of nitrogens with zero attached hydrogens (tertiary/aromatic N) is 3. The SMILES string of the molecule is Cc1c(C(=O)N[C@@H](c2ccccc2)c2ccco2)sc2ncnc(NCCc3ccccn3)c12. The Balaban J connectivity index is 1.39. The second kappa shape index (κ2) is 9.84. The predicted octanol–water partition coefficient (Wildman–Crippen LogP) is 5.16. The van der Waals surface area contributed by atoms with Crippen LogP contribution >= 0.6 is 11.3 Å². The Hall–Kier alpha value is -4.04. The molecular weight excluding hydrogens is 446 g/mol. The minimum Gasteiger partial charge on any atom is -0.467 e. The summed E-state index contributed by atoms with van der Waals surface area (Å²) in [4.78, 5) is 28.0. The largest absolute Gasteiger partial charge is 0.467 e. The molecule has 0 aliphatic carbocycles. The third-order valence-electron chi connectivity index (χ3n) is 5.57. The molecule has 5 rings (SSSR count). The van der Waals surface area contributed by atoms with E-state index in [9.17, 15) is 4.79 Å². The van der Waals surface area contributed by atoms with Gasteiger partial charge in [0, 0.05) is 24.9 Å². The smallest absolute Gasteiger partial charge is 0.262 e. The molecule has 0 spiro atoms. The highest BCUT2D eigenvalue weighted by atomic mass is 32.1. The Morgan fingerprint density at radius 3 is 2.65 bits per heavy atom. The molecule has 8 heteroatoms. The number of nitrogens with one attached hydrogen (secondary N) is 2. The molecule has 1 amide bonds. The van der Waals surface area contributed by atoms with Gasteiger partial charge in [-0.05, 0) is 42.3 Å². The van der Waals surface area contributed by atoms with Crippen LogP contribution in [0.3, 0.4) is 0 Å². The quantitative estimate of drug-likeness (QED) is 0.326. The number of aromatic nitrogens is 3. The van der Waals surface area contributed by atoms with Crippen LogP contribution in [0.2, 0.25) is 0 Å². The molecule has 0 fully saturated rings. The van der Waals surface area contributed by atoms with E-state index in [1.165, 1.54) is 17.7 Å². The van der Waals surface area contributed by atoms with Crippen molar-refractivity contribution in [1.29, 1.82) is 0 Å². The van der Waals surface area contributed by atoms with Crippen molar-refractivity contribution in [1.82, 2.24) is 20.3 Å². The number of carbonyl (C=O) groups excluding carboxylic acids is 1. The minimum absolute atomic E-state index is 0.176. The average molecular weight is 470 g/mol. The standard InChI is InChI=1S/C26H23N5O2S/c1-17-21-24(28-14-12-19-10-5-6-13-27-19)29-16-30-26(21)34-23(17)25(32)31-22(20-11-7-15-33-20)18-8-3-2-4-9-18/h2-11,13,15-16,22H,12,14H2,1H3,(H,31,32)(H,28,29,30)/t22-/m0/s1. The molecule has 4 heterocycles. The maximum atomic E-state index is 13.4. The maximum Gasteiger partial charge on any atom is 0.262 e. The molecule has 0 saturated heterocycles. The van der Waals surface area contributed by atoms with Crippen molar-refractivity contribution in [2.24, 2.45) is 0 Å². The van der Waals surface area contributed by atoms with Crippen LogP contribution in [0.25, 0.3) is 10.2 Å². The molecule has 0 bridgehead atoms. The number of furan rings is 1. The molecule has 1 aromatic carbocycles. The highest BCUT2D eigenvalue weighted by molar-refractivity contribution is 7.20. The number of hydrogen-bond acceptors (Lipinski definition) is 7. The first-order valence-corrected chi connectivity index (χ1v) is 11.8. The second-order valence-electron chi connectivity index (χ2n) is 7.79. The molecule has 4 aromatic heterocycles. The highest BCUT2D eigenvalue weighted by Gasteiger charge is 2.24. The van der Waals surface area contributed by atoms with Crippen LogP contribution in [-0.2, 0) is 6.42 Å². The Kier molecular flexibility index (Phi) is 6.31. The molecule has 7 nitrogen and oxygen atoms in total. The zero-order chi connectivity index (χ0) is 23.3. The number of rotatable bonds is 8. The van der Waals surface area contributed by atoms with E-state index in [1.807, 2.05) is 67.6 Å².